The summed E-state index contributed by atoms with van der Waals surface area (Å²) in [5, 5.41) is 13.0. The number of carbonyl (C=O) groups excluding carboxylic acids is 1. The standard InChI is InChI=1S/C22H25FN2O3/c1-22(2,27)16-7-5-15(6-8-16)14-25-20(26)19-4-3-13-24-21(19)28-18-11-9-17(23)10-12-18/h3-5,9-13,16,27H,6-8,14H2,1-2H3,(H,25,26). The topological polar surface area (TPSA) is 71.5 Å². The molecule has 0 saturated heterocycles. The maximum Gasteiger partial charge on any atom is 0.257 e. The Bertz CT molecular complexity index is 857. The van der Waals surface area contributed by atoms with E-state index in [2.05, 4.69) is 16.4 Å². The molecule has 1 atom stereocenters. The Morgan fingerprint density at radius 3 is 2.71 bits per heavy atom. The number of aliphatic hydroxyl groups is 1. The van der Waals surface area contributed by atoms with E-state index >= 15 is 0 Å². The predicted molar refractivity (Wildman–Crippen MR) is 105 cm³/mol. The van der Waals surface area contributed by atoms with Gasteiger partial charge in [0.15, 0.2) is 0 Å². The maximum absolute atomic E-state index is 13.0. The fourth-order valence-corrected chi connectivity index (χ4v) is 3.24. The van der Waals surface area contributed by atoms with Gasteiger partial charge < -0.3 is 15.2 Å². The van der Waals surface area contributed by atoms with Gasteiger partial charge in [0, 0.05) is 12.7 Å². The molecule has 3 rings (SSSR count). The largest absolute Gasteiger partial charge is 0.438 e. The smallest absolute Gasteiger partial charge is 0.257 e. The number of pyridine rings is 1. The van der Waals surface area contributed by atoms with Gasteiger partial charge in [-0.1, -0.05) is 11.6 Å². The van der Waals surface area contributed by atoms with Crippen LogP contribution in [0.2, 0.25) is 0 Å². The van der Waals surface area contributed by atoms with E-state index in [-0.39, 0.29) is 23.5 Å². The third kappa shape index (κ3) is 5.16. The van der Waals surface area contributed by atoms with Crippen LogP contribution >= 0.6 is 0 Å². The van der Waals surface area contributed by atoms with E-state index in [9.17, 15) is 14.3 Å². The second kappa shape index (κ2) is 8.52. The van der Waals surface area contributed by atoms with E-state index in [1.54, 1.807) is 12.1 Å². The molecule has 2 aromatic rings. The fourth-order valence-electron chi connectivity index (χ4n) is 3.24. The summed E-state index contributed by atoms with van der Waals surface area (Å²) < 4.78 is 18.7. The Hall–Kier alpha value is -2.73. The highest BCUT2D eigenvalue weighted by molar-refractivity contribution is 5.96. The first kappa shape index (κ1) is 20.0. The van der Waals surface area contributed by atoms with E-state index in [4.69, 9.17) is 4.74 Å². The van der Waals surface area contributed by atoms with Gasteiger partial charge in [-0.25, -0.2) is 9.37 Å². The number of benzene rings is 1. The number of halogens is 1. The number of ether oxygens (including phenoxy) is 1. The molecular formula is C22H25FN2O3. The van der Waals surface area contributed by atoms with Gasteiger partial charge in [-0.3, -0.25) is 4.79 Å². The first-order valence-corrected chi connectivity index (χ1v) is 9.40. The molecule has 1 unspecified atom stereocenters. The Labute approximate surface area is 164 Å². The van der Waals surface area contributed by atoms with E-state index in [0.29, 0.717) is 17.9 Å². The SMILES string of the molecule is CC(C)(O)C1CC=C(CNC(=O)c2cccnc2Oc2ccc(F)cc2)CC1. The van der Waals surface area contributed by atoms with E-state index < -0.39 is 5.60 Å². The fraction of sp³-hybridized carbons (Fsp3) is 0.364. The summed E-state index contributed by atoms with van der Waals surface area (Å²) >= 11 is 0. The molecule has 1 aromatic heterocycles. The summed E-state index contributed by atoms with van der Waals surface area (Å²) in [6.07, 6.45) is 6.19. The first-order valence-electron chi connectivity index (χ1n) is 9.40. The van der Waals surface area contributed by atoms with E-state index in [0.717, 1.165) is 24.8 Å². The molecule has 1 amide bonds. The monoisotopic (exact) mass is 384 g/mol. The summed E-state index contributed by atoms with van der Waals surface area (Å²) in [7, 11) is 0. The molecule has 1 aliphatic carbocycles. The molecule has 0 saturated carbocycles. The lowest BCUT2D eigenvalue weighted by molar-refractivity contribution is 0.0125. The molecule has 0 aliphatic heterocycles. The molecule has 28 heavy (non-hydrogen) atoms. The van der Waals surface area contributed by atoms with Crippen molar-refractivity contribution in [2.24, 2.45) is 5.92 Å². The number of carbonyl (C=O) groups is 1. The van der Waals surface area contributed by atoms with Crippen LogP contribution in [0.15, 0.2) is 54.2 Å². The summed E-state index contributed by atoms with van der Waals surface area (Å²) in [4.78, 5) is 16.7. The molecule has 0 radical (unpaired) electrons. The number of amides is 1. The van der Waals surface area contributed by atoms with Crippen molar-refractivity contribution in [3.63, 3.8) is 0 Å². The van der Waals surface area contributed by atoms with Crippen LogP contribution in [0.5, 0.6) is 11.6 Å². The van der Waals surface area contributed by atoms with E-state index in [1.165, 1.54) is 30.5 Å². The highest BCUT2D eigenvalue weighted by atomic mass is 19.1. The van der Waals surface area contributed by atoms with E-state index in [1.807, 2.05) is 13.8 Å². The van der Waals surface area contributed by atoms with Gasteiger partial charge in [0.2, 0.25) is 5.88 Å². The average molecular weight is 384 g/mol. The lowest BCUT2D eigenvalue weighted by Crippen LogP contribution is -2.33. The zero-order valence-corrected chi connectivity index (χ0v) is 16.1. The van der Waals surface area contributed by atoms with Crippen molar-refractivity contribution in [3.8, 4) is 11.6 Å². The van der Waals surface area contributed by atoms with Crippen LogP contribution in [0.25, 0.3) is 0 Å². The molecule has 1 aliphatic rings. The zero-order valence-electron chi connectivity index (χ0n) is 16.1. The van der Waals surface area contributed by atoms with Gasteiger partial charge in [-0.15, -0.1) is 0 Å². The minimum Gasteiger partial charge on any atom is -0.438 e. The van der Waals surface area contributed by atoms with Crippen LogP contribution in [0.4, 0.5) is 4.39 Å². The molecule has 148 valence electrons. The van der Waals surface area contributed by atoms with Gasteiger partial charge in [0.05, 0.1) is 5.60 Å². The number of hydrogen-bond acceptors (Lipinski definition) is 4. The molecule has 2 N–H and O–H groups in total. The van der Waals surface area contributed by atoms with Gasteiger partial charge in [-0.05, 0) is 75.4 Å². The van der Waals surface area contributed by atoms with Crippen molar-refractivity contribution < 1.29 is 19.0 Å². The lowest BCUT2D eigenvalue weighted by Gasteiger charge is -2.32. The van der Waals surface area contributed by atoms with Crippen molar-refractivity contribution >= 4 is 5.91 Å². The van der Waals surface area contributed by atoms with Gasteiger partial charge in [0.25, 0.3) is 5.91 Å². The quantitative estimate of drug-likeness (QED) is 0.731. The van der Waals surface area contributed by atoms with Crippen LogP contribution in [-0.4, -0.2) is 28.1 Å². The van der Waals surface area contributed by atoms with Gasteiger partial charge in [-0.2, -0.15) is 0 Å². The number of rotatable bonds is 6. The molecule has 1 heterocycles. The number of hydrogen-bond donors (Lipinski definition) is 2. The van der Waals surface area contributed by atoms with Crippen LogP contribution < -0.4 is 10.1 Å². The highest BCUT2D eigenvalue weighted by Crippen LogP contribution is 2.31. The summed E-state index contributed by atoms with van der Waals surface area (Å²) in [6.45, 7) is 4.12. The predicted octanol–water partition coefficient (Wildman–Crippen LogP) is 4.24. The first-order chi connectivity index (χ1) is 13.3. The molecule has 5 nitrogen and oxygen atoms in total. The molecule has 0 spiro atoms. The molecule has 6 heteroatoms. The van der Waals surface area contributed by atoms with Crippen LogP contribution in [0.3, 0.4) is 0 Å². The molecular weight excluding hydrogens is 359 g/mol. The summed E-state index contributed by atoms with van der Waals surface area (Å²) in [6, 6.07) is 8.85. The van der Waals surface area contributed by atoms with Crippen molar-refractivity contribution in [3.05, 3.63) is 65.6 Å². The minimum absolute atomic E-state index is 0.173. The van der Waals surface area contributed by atoms with Crippen molar-refractivity contribution in [1.29, 1.82) is 0 Å². The molecule has 0 bridgehead atoms. The second-order valence-electron chi connectivity index (χ2n) is 7.58. The average Bonchev–Trinajstić information content (AvgIpc) is 2.68. The normalized spacial score (nSPS) is 17.0. The highest BCUT2D eigenvalue weighted by Gasteiger charge is 2.28. The Balaban J connectivity index is 1.62. The molecule has 0 fully saturated rings. The third-order valence-electron chi connectivity index (χ3n) is 5.02. The maximum atomic E-state index is 13.0. The Kier molecular flexibility index (Phi) is 6.09. The van der Waals surface area contributed by atoms with Crippen LogP contribution in [0.1, 0.15) is 43.5 Å². The van der Waals surface area contributed by atoms with Gasteiger partial charge in [0.1, 0.15) is 17.1 Å². The van der Waals surface area contributed by atoms with Crippen molar-refractivity contribution in [2.75, 3.05) is 6.54 Å². The van der Waals surface area contributed by atoms with Gasteiger partial charge >= 0.3 is 0 Å². The summed E-state index contributed by atoms with van der Waals surface area (Å²) in [5.74, 6) is 0.170. The Morgan fingerprint density at radius 1 is 1.32 bits per heavy atom. The third-order valence-corrected chi connectivity index (χ3v) is 5.02. The molecule has 1 aromatic carbocycles. The number of allylic oxidation sites excluding steroid dienone is 1. The van der Waals surface area contributed by atoms with Crippen LogP contribution in [-0.2, 0) is 0 Å². The number of nitrogens with one attached hydrogen (secondary N) is 1. The second-order valence-corrected chi connectivity index (χ2v) is 7.58. The van der Waals surface area contributed by atoms with Crippen molar-refractivity contribution in [2.45, 2.75) is 38.7 Å². The summed E-state index contributed by atoms with van der Waals surface area (Å²) in [5.41, 5.74) is 0.782. The minimum atomic E-state index is -0.687. The Morgan fingerprint density at radius 2 is 2.07 bits per heavy atom. The zero-order chi connectivity index (χ0) is 20.1. The number of nitrogens with zero attached hydrogens (tertiary/aromatic N) is 1. The number of aromatic nitrogens is 1. The lowest BCUT2D eigenvalue weighted by atomic mass is 9.79. The van der Waals surface area contributed by atoms with Crippen molar-refractivity contribution in [1.82, 2.24) is 10.3 Å². The van der Waals surface area contributed by atoms with Crippen LogP contribution in [0, 0.1) is 11.7 Å².